The van der Waals surface area contributed by atoms with E-state index in [2.05, 4.69) is 0 Å². The maximum atomic E-state index is 12.3. The Kier molecular flexibility index (Phi) is 5.48. The molecule has 25 heavy (non-hydrogen) atoms. The lowest BCUT2D eigenvalue weighted by atomic mass is 10.2. The summed E-state index contributed by atoms with van der Waals surface area (Å²) in [5.74, 6) is -1.18. The molecule has 0 bridgehead atoms. The zero-order valence-electron chi connectivity index (χ0n) is 13.6. The van der Waals surface area contributed by atoms with Crippen molar-refractivity contribution in [2.24, 2.45) is 0 Å². The van der Waals surface area contributed by atoms with E-state index in [0.717, 1.165) is 11.8 Å². The van der Waals surface area contributed by atoms with Gasteiger partial charge in [0.15, 0.2) is 12.4 Å². The van der Waals surface area contributed by atoms with E-state index in [9.17, 15) is 18.0 Å². The van der Waals surface area contributed by atoms with Crippen molar-refractivity contribution in [2.45, 2.75) is 11.6 Å². The third-order valence-electron chi connectivity index (χ3n) is 3.21. The molecule has 8 nitrogen and oxygen atoms in total. The quantitative estimate of drug-likeness (QED) is 0.787. The average molecular weight is 367 g/mol. The number of amides is 1. The van der Waals surface area contributed by atoms with E-state index < -0.39 is 28.3 Å². The van der Waals surface area contributed by atoms with Crippen molar-refractivity contribution in [1.29, 1.82) is 0 Å². The fraction of sp³-hybridized carbons (Fsp3) is 0.250. The van der Waals surface area contributed by atoms with Crippen LogP contribution in [0.3, 0.4) is 0 Å². The lowest BCUT2D eigenvalue weighted by molar-refractivity contribution is -0.139. The summed E-state index contributed by atoms with van der Waals surface area (Å²) in [4.78, 5) is 24.1. The van der Waals surface area contributed by atoms with E-state index in [1.165, 1.54) is 17.0 Å². The van der Waals surface area contributed by atoms with Crippen molar-refractivity contribution in [1.82, 2.24) is 4.90 Å². The highest BCUT2D eigenvalue weighted by Gasteiger charge is 2.20. The molecule has 2 aromatic rings. The number of benzene rings is 1. The Balaban J connectivity index is 2.01. The van der Waals surface area contributed by atoms with Gasteiger partial charge in [-0.3, -0.25) is 4.79 Å². The Bertz CT molecular complexity index is 868. The van der Waals surface area contributed by atoms with Crippen LogP contribution in [0.15, 0.2) is 45.9 Å². The lowest BCUT2D eigenvalue weighted by Gasteiger charge is -2.16. The van der Waals surface area contributed by atoms with Gasteiger partial charge in [0.05, 0.1) is 0 Å². The van der Waals surface area contributed by atoms with Crippen LogP contribution in [0, 0.1) is 0 Å². The van der Waals surface area contributed by atoms with Gasteiger partial charge in [-0.2, -0.15) is 0 Å². The number of carboxylic acid groups (broad SMARTS) is 1. The van der Waals surface area contributed by atoms with Crippen LogP contribution >= 0.6 is 0 Å². The zero-order chi connectivity index (χ0) is 18.6. The van der Waals surface area contributed by atoms with Gasteiger partial charge in [0, 0.05) is 19.8 Å². The summed E-state index contributed by atoms with van der Waals surface area (Å²) in [6.45, 7) is -0.175. The van der Waals surface area contributed by atoms with Crippen molar-refractivity contribution in [3.8, 4) is 5.75 Å². The molecule has 9 heteroatoms. The van der Waals surface area contributed by atoms with Crippen LogP contribution in [0.1, 0.15) is 16.1 Å². The van der Waals surface area contributed by atoms with Crippen molar-refractivity contribution in [2.75, 3.05) is 19.9 Å². The minimum Gasteiger partial charge on any atom is -0.482 e. The highest BCUT2D eigenvalue weighted by molar-refractivity contribution is 7.90. The summed E-state index contributed by atoms with van der Waals surface area (Å²) >= 11 is 0. The van der Waals surface area contributed by atoms with Gasteiger partial charge >= 0.3 is 5.97 Å². The normalized spacial score (nSPS) is 11.1. The van der Waals surface area contributed by atoms with E-state index in [1.807, 2.05) is 0 Å². The standard InChI is InChI=1S/C16H17NO7S/c1-17(16(20)13-7-8-15(24-13)25(2,21)22)9-11-3-5-12(6-4-11)23-10-14(18)19/h3-8H,9-10H2,1-2H3,(H,18,19). The monoisotopic (exact) mass is 367 g/mol. The zero-order valence-corrected chi connectivity index (χ0v) is 14.4. The summed E-state index contributed by atoms with van der Waals surface area (Å²) in [5.41, 5.74) is 0.786. The molecular weight excluding hydrogens is 350 g/mol. The van der Waals surface area contributed by atoms with Crippen molar-refractivity contribution >= 4 is 21.7 Å². The number of sulfone groups is 1. The van der Waals surface area contributed by atoms with Crippen LogP contribution in [0.5, 0.6) is 5.75 Å². The van der Waals surface area contributed by atoms with Gasteiger partial charge in [-0.15, -0.1) is 0 Å². The van der Waals surface area contributed by atoms with Crippen LogP contribution in [-0.2, 0) is 21.2 Å². The molecule has 0 atom stereocenters. The number of hydrogen-bond acceptors (Lipinski definition) is 6. The predicted octanol–water partition coefficient (Wildman–Crippen LogP) is 1.42. The summed E-state index contributed by atoms with van der Waals surface area (Å²) in [6, 6.07) is 9.16. The minimum absolute atomic E-state index is 0.0654. The number of carbonyl (C=O) groups is 2. The number of nitrogens with zero attached hydrogens (tertiary/aromatic N) is 1. The van der Waals surface area contributed by atoms with Gasteiger partial charge in [0.25, 0.3) is 5.91 Å². The first-order chi connectivity index (χ1) is 11.7. The average Bonchev–Trinajstić information content (AvgIpc) is 3.03. The van der Waals surface area contributed by atoms with E-state index >= 15 is 0 Å². The Morgan fingerprint density at radius 1 is 1.16 bits per heavy atom. The molecule has 1 aromatic heterocycles. The molecule has 1 heterocycles. The second-order valence-corrected chi connectivity index (χ2v) is 7.33. The molecule has 1 aromatic carbocycles. The first-order valence-corrected chi connectivity index (χ1v) is 9.05. The van der Waals surface area contributed by atoms with E-state index in [-0.39, 0.29) is 17.4 Å². The maximum absolute atomic E-state index is 12.3. The van der Waals surface area contributed by atoms with Crippen LogP contribution in [-0.4, -0.2) is 50.2 Å². The van der Waals surface area contributed by atoms with E-state index in [4.69, 9.17) is 14.3 Å². The molecule has 0 aliphatic carbocycles. The van der Waals surface area contributed by atoms with Crippen LogP contribution < -0.4 is 4.74 Å². The SMILES string of the molecule is CN(Cc1ccc(OCC(=O)O)cc1)C(=O)c1ccc(S(C)(=O)=O)o1. The Morgan fingerprint density at radius 2 is 1.80 bits per heavy atom. The van der Waals surface area contributed by atoms with Crippen molar-refractivity contribution in [3.63, 3.8) is 0 Å². The third kappa shape index (κ3) is 5.08. The Hall–Kier alpha value is -2.81. The van der Waals surface area contributed by atoms with E-state index in [1.54, 1.807) is 31.3 Å². The number of aliphatic carboxylic acids is 1. The molecule has 0 aliphatic heterocycles. The van der Waals surface area contributed by atoms with E-state index in [0.29, 0.717) is 5.75 Å². The smallest absolute Gasteiger partial charge is 0.341 e. The summed E-state index contributed by atoms with van der Waals surface area (Å²) in [7, 11) is -1.95. The van der Waals surface area contributed by atoms with Gasteiger partial charge in [0.1, 0.15) is 5.75 Å². The molecule has 1 amide bonds. The second kappa shape index (κ2) is 7.39. The molecule has 0 radical (unpaired) electrons. The number of furan rings is 1. The predicted molar refractivity (Wildman–Crippen MR) is 87.2 cm³/mol. The fourth-order valence-electron chi connectivity index (χ4n) is 2.00. The highest BCUT2D eigenvalue weighted by atomic mass is 32.2. The molecule has 134 valence electrons. The molecule has 0 unspecified atom stereocenters. The third-order valence-corrected chi connectivity index (χ3v) is 4.16. The number of ether oxygens (including phenoxy) is 1. The summed E-state index contributed by atoms with van der Waals surface area (Å²) < 4.78 is 32.9. The number of carboxylic acids is 1. The van der Waals surface area contributed by atoms with Gasteiger partial charge in [-0.25, -0.2) is 13.2 Å². The van der Waals surface area contributed by atoms with Gasteiger partial charge in [-0.1, -0.05) is 12.1 Å². The largest absolute Gasteiger partial charge is 0.482 e. The highest BCUT2D eigenvalue weighted by Crippen LogP contribution is 2.17. The Labute approximate surface area is 144 Å². The van der Waals surface area contributed by atoms with Gasteiger partial charge in [-0.05, 0) is 29.8 Å². The first kappa shape index (κ1) is 18.5. The number of carbonyl (C=O) groups excluding carboxylic acids is 1. The topological polar surface area (TPSA) is 114 Å². The molecular formula is C16H17NO7S. The van der Waals surface area contributed by atoms with Crippen LogP contribution in [0.4, 0.5) is 0 Å². The van der Waals surface area contributed by atoms with Crippen LogP contribution in [0.2, 0.25) is 0 Å². The van der Waals surface area contributed by atoms with Gasteiger partial charge in [0.2, 0.25) is 14.9 Å². The lowest BCUT2D eigenvalue weighted by Crippen LogP contribution is -2.25. The second-order valence-electron chi connectivity index (χ2n) is 5.38. The molecule has 2 rings (SSSR count). The van der Waals surface area contributed by atoms with Crippen LogP contribution in [0.25, 0.3) is 0 Å². The fourth-order valence-corrected chi connectivity index (χ4v) is 2.56. The minimum atomic E-state index is -3.51. The summed E-state index contributed by atoms with van der Waals surface area (Å²) in [5, 5.41) is 8.29. The molecule has 0 fully saturated rings. The van der Waals surface area contributed by atoms with Crippen molar-refractivity contribution in [3.05, 3.63) is 47.7 Å². The molecule has 0 saturated carbocycles. The number of rotatable bonds is 7. The Morgan fingerprint density at radius 3 is 2.32 bits per heavy atom. The molecule has 0 saturated heterocycles. The van der Waals surface area contributed by atoms with Crippen molar-refractivity contribution < 1.29 is 32.3 Å². The molecule has 1 N–H and O–H groups in total. The van der Waals surface area contributed by atoms with Gasteiger partial charge < -0.3 is 19.2 Å². The summed E-state index contributed by atoms with van der Waals surface area (Å²) in [6.07, 6.45) is 0.998. The number of hydrogen-bond donors (Lipinski definition) is 1. The molecule has 0 aliphatic rings. The first-order valence-electron chi connectivity index (χ1n) is 7.15. The molecule has 0 spiro atoms. The maximum Gasteiger partial charge on any atom is 0.341 e.